The van der Waals surface area contributed by atoms with Gasteiger partial charge in [0.05, 0.1) is 15.6 Å². The Morgan fingerprint density at radius 2 is 2.12 bits per heavy atom. The molecule has 0 radical (unpaired) electrons. The van der Waals surface area contributed by atoms with E-state index in [9.17, 15) is 4.79 Å². The molecular formula is C10H7Cl2N3OS. The molecule has 7 heteroatoms. The molecule has 0 fully saturated rings. The number of hydrogen-bond acceptors (Lipinski definition) is 4. The highest BCUT2D eigenvalue weighted by molar-refractivity contribution is 7.15. The van der Waals surface area contributed by atoms with Gasteiger partial charge >= 0.3 is 0 Å². The van der Waals surface area contributed by atoms with Gasteiger partial charge in [0.25, 0.3) is 5.91 Å². The molecule has 0 saturated heterocycles. The molecule has 1 heterocycles. The number of rotatable bonds is 2. The zero-order valence-corrected chi connectivity index (χ0v) is 11.0. The molecule has 88 valence electrons. The Balaban J connectivity index is 2.23. The van der Waals surface area contributed by atoms with Crippen LogP contribution in [-0.4, -0.2) is 16.1 Å². The Kier molecular flexibility index (Phi) is 3.61. The molecule has 2 rings (SSSR count). The molecule has 0 bridgehead atoms. The molecule has 0 aliphatic rings. The molecule has 2 aromatic rings. The van der Waals surface area contributed by atoms with Crippen molar-refractivity contribution in [3.05, 3.63) is 38.8 Å². The third-order valence-corrected chi connectivity index (χ3v) is 3.52. The Morgan fingerprint density at radius 1 is 1.35 bits per heavy atom. The standard InChI is InChI=1S/C10H7Cl2N3OS/c1-5-14-15-10(17-5)13-9(16)6-3-2-4-7(11)8(6)12/h2-4H,1H3,(H,13,15,16). The number of aryl methyl sites for hydroxylation is 1. The van der Waals surface area contributed by atoms with E-state index in [1.54, 1.807) is 25.1 Å². The number of benzene rings is 1. The number of halogens is 2. The maximum absolute atomic E-state index is 11.9. The van der Waals surface area contributed by atoms with Crippen molar-refractivity contribution >= 4 is 45.6 Å². The highest BCUT2D eigenvalue weighted by atomic mass is 35.5. The van der Waals surface area contributed by atoms with Crippen LogP contribution in [-0.2, 0) is 0 Å². The lowest BCUT2D eigenvalue weighted by molar-refractivity contribution is 0.102. The first-order chi connectivity index (χ1) is 8.08. The minimum Gasteiger partial charge on any atom is -0.296 e. The highest BCUT2D eigenvalue weighted by Crippen LogP contribution is 2.26. The average Bonchev–Trinajstić information content (AvgIpc) is 2.68. The predicted molar refractivity (Wildman–Crippen MR) is 69.1 cm³/mol. The summed E-state index contributed by atoms with van der Waals surface area (Å²) in [6.45, 7) is 1.81. The van der Waals surface area contributed by atoms with E-state index < -0.39 is 0 Å². The van der Waals surface area contributed by atoms with Crippen molar-refractivity contribution in [1.29, 1.82) is 0 Å². The number of hydrogen-bond donors (Lipinski definition) is 1. The van der Waals surface area contributed by atoms with Crippen LogP contribution in [0.5, 0.6) is 0 Å². The van der Waals surface area contributed by atoms with Crippen LogP contribution in [0.2, 0.25) is 10.0 Å². The van der Waals surface area contributed by atoms with Crippen LogP contribution in [0.25, 0.3) is 0 Å². The third kappa shape index (κ3) is 2.74. The largest absolute Gasteiger partial charge is 0.296 e. The fraction of sp³-hybridized carbons (Fsp3) is 0.100. The number of nitrogens with zero attached hydrogens (tertiary/aromatic N) is 2. The molecule has 17 heavy (non-hydrogen) atoms. The summed E-state index contributed by atoms with van der Waals surface area (Å²) in [5.74, 6) is -0.353. The third-order valence-electron chi connectivity index (χ3n) is 1.94. The maximum atomic E-state index is 11.9. The lowest BCUT2D eigenvalue weighted by Crippen LogP contribution is -2.12. The molecule has 0 unspecified atom stereocenters. The number of carbonyl (C=O) groups is 1. The van der Waals surface area contributed by atoms with Crippen LogP contribution in [0.4, 0.5) is 5.13 Å². The normalized spacial score (nSPS) is 10.3. The first-order valence-electron chi connectivity index (χ1n) is 4.63. The minimum atomic E-state index is -0.353. The number of aromatic nitrogens is 2. The Bertz CT molecular complexity index is 570. The lowest BCUT2D eigenvalue weighted by Gasteiger charge is -2.04. The Morgan fingerprint density at radius 3 is 2.76 bits per heavy atom. The van der Waals surface area contributed by atoms with E-state index in [1.165, 1.54) is 11.3 Å². The van der Waals surface area contributed by atoms with Crippen LogP contribution >= 0.6 is 34.5 Å². The zero-order chi connectivity index (χ0) is 12.4. The van der Waals surface area contributed by atoms with E-state index in [2.05, 4.69) is 15.5 Å². The van der Waals surface area contributed by atoms with Crippen molar-refractivity contribution in [3.8, 4) is 0 Å². The zero-order valence-electron chi connectivity index (χ0n) is 8.70. The smallest absolute Gasteiger partial charge is 0.259 e. The lowest BCUT2D eigenvalue weighted by atomic mass is 10.2. The summed E-state index contributed by atoms with van der Waals surface area (Å²) in [6.07, 6.45) is 0. The maximum Gasteiger partial charge on any atom is 0.259 e. The van der Waals surface area contributed by atoms with Crippen molar-refractivity contribution in [3.63, 3.8) is 0 Å². The summed E-state index contributed by atoms with van der Waals surface area (Å²) in [7, 11) is 0. The topological polar surface area (TPSA) is 54.9 Å². The van der Waals surface area contributed by atoms with Gasteiger partial charge in [0.2, 0.25) is 5.13 Å². The van der Waals surface area contributed by atoms with Gasteiger partial charge in [0, 0.05) is 0 Å². The van der Waals surface area contributed by atoms with Gasteiger partial charge in [-0.15, -0.1) is 10.2 Å². The number of nitrogens with one attached hydrogen (secondary N) is 1. The summed E-state index contributed by atoms with van der Waals surface area (Å²) in [6, 6.07) is 4.88. The summed E-state index contributed by atoms with van der Waals surface area (Å²) in [5.41, 5.74) is 0.312. The van der Waals surface area contributed by atoms with Crippen LogP contribution in [0, 0.1) is 6.92 Å². The van der Waals surface area contributed by atoms with Crippen molar-refractivity contribution in [2.24, 2.45) is 0 Å². The molecule has 1 amide bonds. The SMILES string of the molecule is Cc1nnc(NC(=O)c2cccc(Cl)c2Cl)s1. The van der Waals surface area contributed by atoms with Gasteiger partial charge in [0.15, 0.2) is 0 Å². The summed E-state index contributed by atoms with van der Waals surface area (Å²) in [4.78, 5) is 11.9. The van der Waals surface area contributed by atoms with E-state index in [1.807, 2.05) is 0 Å². The molecule has 0 spiro atoms. The molecule has 1 aromatic carbocycles. The predicted octanol–water partition coefficient (Wildman–Crippen LogP) is 3.41. The molecule has 0 atom stereocenters. The number of anilines is 1. The monoisotopic (exact) mass is 287 g/mol. The van der Waals surface area contributed by atoms with Gasteiger partial charge in [-0.3, -0.25) is 10.1 Å². The molecule has 0 saturated carbocycles. The molecule has 1 N–H and O–H groups in total. The van der Waals surface area contributed by atoms with E-state index in [0.29, 0.717) is 15.7 Å². The minimum absolute atomic E-state index is 0.230. The Labute approximate surface area is 112 Å². The van der Waals surface area contributed by atoms with E-state index >= 15 is 0 Å². The van der Waals surface area contributed by atoms with Crippen LogP contribution in [0.15, 0.2) is 18.2 Å². The second kappa shape index (κ2) is 5.00. The summed E-state index contributed by atoms with van der Waals surface area (Å²) in [5, 5.41) is 12.0. The fourth-order valence-electron chi connectivity index (χ4n) is 1.19. The van der Waals surface area contributed by atoms with Crippen LogP contribution in [0.3, 0.4) is 0 Å². The number of carbonyl (C=O) groups excluding carboxylic acids is 1. The van der Waals surface area contributed by atoms with Crippen molar-refractivity contribution in [2.45, 2.75) is 6.92 Å². The molecule has 4 nitrogen and oxygen atoms in total. The second-order valence-corrected chi connectivity index (χ2v) is 5.15. The van der Waals surface area contributed by atoms with Crippen LogP contribution < -0.4 is 5.32 Å². The van der Waals surface area contributed by atoms with Gasteiger partial charge in [-0.25, -0.2) is 0 Å². The molecular weight excluding hydrogens is 281 g/mol. The number of amides is 1. The van der Waals surface area contributed by atoms with Gasteiger partial charge in [-0.2, -0.15) is 0 Å². The Hall–Kier alpha value is -1.17. The van der Waals surface area contributed by atoms with Crippen molar-refractivity contribution in [2.75, 3.05) is 5.32 Å². The van der Waals surface area contributed by atoms with E-state index in [0.717, 1.165) is 5.01 Å². The second-order valence-electron chi connectivity index (χ2n) is 3.18. The average molecular weight is 288 g/mol. The quantitative estimate of drug-likeness (QED) is 0.921. The van der Waals surface area contributed by atoms with Crippen molar-refractivity contribution < 1.29 is 4.79 Å². The first kappa shape index (κ1) is 12.3. The molecule has 1 aromatic heterocycles. The van der Waals surface area contributed by atoms with Gasteiger partial charge in [0.1, 0.15) is 5.01 Å². The van der Waals surface area contributed by atoms with E-state index in [-0.39, 0.29) is 10.9 Å². The van der Waals surface area contributed by atoms with Crippen molar-refractivity contribution in [1.82, 2.24) is 10.2 Å². The highest BCUT2D eigenvalue weighted by Gasteiger charge is 2.14. The van der Waals surface area contributed by atoms with Gasteiger partial charge in [-0.1, -0.05) is 40.6 Å². The van der Waals surface area contributed by atoms with Gasteiger partial charge in [-0.05, 0) is 19.1 Å². The fourth-order valence-corrected chi connectivity index (χ4v) is 2.16. The molecule has 0 aliphatic heterocycles. The van der Waals surface area contributed by atoms with Crippen LogP contribution in [0.1, 0.15) is 15.4 Å². The van der Waals surface area contributed by atoms with E-state index in [4.69, 9.17) is 23.2 Å². The molecule has 0 aliphatic carbocycles. The van der Waals surface area contributed by atoms with Gasteiger partial charge < -0.3 is 0 Å². The summed E-state index contributed by atoms with van der Waals surface area (Å²) >= 11 is 13.1. The summed E-state index contributed by atoms with van der Waals surface area (Å²) < 4.78 is 0. The first-order valence-corrected chi connectivity index (χ1v) is 6.20.